The molecule has 0 bridgehead atoms. The maximum atomic E-state index is 11.3. The van der Waals surface area contributed by atoms with Gasteiger partial charge in [-0.2, -0.15) is 0 Å². The molecule has 0 aliphatic carbocycles. The Morgan fingerprint density at radius 3 is 1.68 bits per heavy atom. The summed E-state index contributed by atoms with van der Waals surface area (Å²) in [5, 5.41) is 16.0. The van der Waals surface area contributed by atoms with Crippen molar-refractivity contribution in [2.75, 3.05) is 10.6 Å². The first kappa shape index (κ1) is 14.7. The van der Waals surface area contributed by atoms with Crippen molar-refractivity contribution in [3.8, 4) is 0 Å². The summed E-state index contributed by atoms with van der Waals surface area (Å²) in [6.45, 7) is 3.36. The molecule has 1 aromatic carbocycles. The number of benzene rings is 1. The van der Waals surface area contributed by atoms with Crippen molar-refractivity contribution in [1.29, 1.82) is 0 Å². The lowest BCUT2D eigenvalue weighted by atomic mass is 10.1. The highest BCUT2D eigenvalue weighted by molar-refractivity contribution is 5.97. The summed E-state index contributed by atoms with van der Waals surface area (Å²) in [5.41, 5.74) is 0.500. The summed E-state index contributed by atoms with van der Waals surface area (Å²) < 4.78 is 0. The topological polar surface area (TPSA) is 98.3 Å². The third kappa shape index (κ3) is 4.42. The Hall–Kier alpha value is -2.37. The molecule has 2 amide bonds. The van der Waals surface area contributed by atoms with Crippen LogP contribution in [0.3, 0.4) is 0 Å². The molecule has 6 nitrogen and oxygen atoms in total. The quantitative estimate of drug-likeness (QED) is 0.818. The van der Waals surface area contributed by atoms with Crippen molar-refractivity contribution >= 4 is 29.2 Å². The molecule has 102 valence electrons. The zero-order valence-corrected chi connectivity index (χ0v) is 10.8. The summed E-state index contributed by atoms with van der Waals surface area (Å²) in [6.07, 6.45) is 0.540. The van der Waals surface area contributed by atoms with Crippen molar-refractivity contribution in [3.05, 3.63) is 23.8 Å². The Morgan fingerprint density at radius 2 is 1.37 bits per heavy atom. The second kappa shape index (κ2) is 6.53. The van der Waals surface area contributed by atoms with E-state index in [-0.39, 0.29) is 30.2 Å². The van der Waals surface area contributed by atoms with Crippen LogP contribution >= 0.6 is 0 Å². The average Bonchev–Trinajstić information content (AvgIpc) is 2.37. The van der Waals surface area contributed by atoms with Crippen LogP contribution in [0.4, 0.5) is 11.4 Å². The molecule has 0 unspecified atom stereocenters. The molecule has 1 aromatic rings. The normalized spacial score (nSPS) is 9.79. The van der Waals surface area contributed by atoms with Crippen molar-refractivity contribution in [2.45, 2.75) is 26.7 Å². The second-order valence-corrected chi connectivity index (χ2v) is 3.89. The molecule has 0 aliphatic rings. The number of amides is 2. The molecule has 0 radical (unpaired) electrons. The van der Waals surface area contributed by atoms with Gasteiger partial charge in [0.15, 0.2) is 0 Å². The summed E-state index contributed by atoms with van der Waals surface area (Å²) in [4.78, 5) is 33.5. The molecule has 0 spiro atoms. The SMILES string of the molecule is CCC(=O)Nc1cc(NC(=O)CC)cc(C(=O)[O-])c1. The largest absolute Gasteiger partial charge is 0.545 e. The van der Waals surface area contributed by atoms with Crippen LogP contribution in [0.5, 0.6) is 0 Å². The number of rotatable bonds is 5. The second-order valence-electron chi connectivity index (χ2n) is 3.89. The van der Waals surface area contributed by atoms with Gasteiger partial charge in [-0.05, 0) is 18.2 Å². The molecule has 19 heavy (non-hydrogen) atoms. The van der Waals surface area contributed by atoms with Gasteiger partial charge in [0.05, 0.1) is 5.97 Å². The summed E-state index contributed by atoms with van der Waals surface area (Å²) >= 11 is 0. The van der Waals surface area contributed by atoms with Gasteiger partial charge in [0, 0.05) is 29.8 Å². The van der Waals surface area contributed by atoms with Crippen LogP contribution in [-0.4, -0.2) is 17.8 Å². The van der Waals surface area contributed by atoms with Gasteiger partial charge < -0.3 is 20.5 Å². The van der Waals surface area contributed by atoms with E-state index in [0.29, 0.717) is 11.4 Å². The number of carbonyl (C=O) groups is 3. The fourth-order valence-corrected chi connectivity index (χ4v) is 1.39. The molecule has 0 fully saturated rings. The van der Waals surface area contributed by atoms with Gasteiger partial charge >= 0.3 is 0 Å². The third-order valence-electron chi connectivity index (χ3n) is 2.38. The number of carboxylic acid groups (broad SMARTS) is 1. The molecule has 0 aromatic heterocycles. The Kier molecular flexibility index (Phi) is 5.05. The molecular weight excluding hydrogens is 248 g/mol. The van der Waals surface area contributed by atoms with E-state index in [1.54, 1.807) is 13.8 Å². The minimum atomic E-state index is -1.38. The fourth-order valence-electron chi connectivity index (χ4n) is 1.39. The molecule has 1 rings (SSSR count). The van der Waals surface area contributed by atoms with Gasteiger partial charge in [0.25, 0.3) is 0 Å². The lowest BCUT2D eigenvalue weighted by molar-refractivity contribution is -0.255. The molecule has 0 heterocycles. The van der Waals surface area contributed by atoms with Crippen molar-refractivity contribution in [2.24, 2.45) is 0 Å². The lowest BCUT2D eigenvalue weighted by Gasteiger charge is -2.12. The molecule has 0 aliphatic heterocycles. The Morgan fingerprint density at radius 1 is 0.947 bits per heavy atom. The van der Waals surface area contributed by atoms with E-state index >= 15 is 0 Å². The Bertz CT molecular complexity index is 475. The molecule has 6 heteroatoms. The first-order chi connectivity index (χ1) is 8.96. The van der Waals surface area contributed by atoms with E-state index in [2.05, 4.69) is 10.6 Å². The molecule has 0 saturated carbocycles. The monoisotopic (exact) mass is 263 g/mol. The van der Waals surface area contributed by atoms with Crippen LogP contribution in [0.25, 0.3) is 0 Å². The number of aromatic carboxylic acids is 1. The highest BCUT2D eigenvalue weighted by Gasteiger charge is 2.06. The van der Waals surface area contributed by atoms with Crippen LogP contribution in [0, 0.1) is 0 Å². The van der Waals surface area contributed by atoms with Crippen LogP contribution in [0.15, 0.2) is 18.2 Å². The highest BCUT2D eigenvalue weighted by Crippen LogP contribution is 2.19. The number of hydrogen-bond donors (Lipinski definition) is 2. The van der Waals surface area contributed by atoms with Gasteiger partial charge in [-0.25, -0.2) is 0 Å². The van der Waals surface area contributed by atoms with Crippen LogP contribution in [0.1, 0.15) is 37.0 Å². The number of hydrogen-bond acceptors (Lipinski definition) is 4. The predicted octanol–water partition coefficient (Wildman–Crippen LogP) is 0.747. The van der Waals surface area contributed by atoms with E-state index in [0.717, 1.165) is 0 Å². The van der Waals surface area contributed by atoms with Crippen LogP contribution in [-0.2, 0) is 9.59 Å². The third-order valence-corrected chi connectivity index (χ3v) is 2.38. The van der Waals surface area contributed by atoms with Gasteiger partial charge in [-0.15, -0.1) is 0 Å². The number of carboxylic acids is 1. The zero-order chi connectivity index (χ0) is 14.4. The zero-order valence-electron chi connectivity index (χ0n) is 10.8. The van der Waals surface area contributed by atoms with Crippen LogP contribution < -0.4 is 15.7 Å². The summed E-state index contributed by atoms with van der Waals surface area (Å²) in [7, 11) is 0. The summed E-state index contributed by atoms with van der Waals surface area (Å²) in [6, 6.07) is 4.06. The van der Waals surface area contributed by atoms with Gasteiger partial charge in [-0.1, -0.05) is 13.8 Å². The van der Waals surface area contributed by atoms with E-state index in [4.69, 9.17) is 0 Å². The van der Waals surface area contributed by atoms with E-state index in [1.807, 2.05) is 0 Å². The van der Waals surface area contributed by atoms with Crippen molar-refractivity contribution in [1.82, 2.24) is 0 Å². The number of nitrogens with one attached hydrogen (secondary N) is 2. The predicted molar refractivity (Wildman–Crippen MR) is 68.6 cm³/mol. The number of carbonyl (C=O) groups excluding carboxylic acids is 3. The van der Waals surface area contributed by atoms with Crippen molar-refractivity contribution in [3.63, 3.8) is 0 Å². The first-order valence-electron chi connectivity index (χ1n) is 5.92. The minimum Gasteiger partial charge on any atom is -0.545 e. The maximum Gasteiger partial charge on any atom is 0.224 e. The van der Waals surface area contributed by atoms with Gasteiger partial charge in [0.2, 0.25) is 11.8 Å². The summed E-state index contributed by atoms with van der Waals surface area (Å²) in [5.74, 6) is -1.87. The Labute approximate surface area is 110 Å². The Balaban J connectivity index is 3.06. The van der Waals surface area contributed by atoms with E-state index < -0.39 is 5.97 Å². The molecule has 0 atom stereocenters. The maximum absolute atomic E-state index is 11.3. The fraction of sp³-hybridized carbons (Fsp3) is 0.308. The molecule has 0 saturated heterocycles. The van der Waals surface area contributed by atoms with E-state index in [1.165, 1.54) is 18.2 Å². The van der Waals surface area contributed by atoms with Gasteiger partial charge in [-0.3, -0.25) is 9.59 Å². The average molecular weight is 263 g/mol. The molecule has 2 N–H and O–H groups in total. The lowest BCUT2D eigenvalue weighted by Crippen LogP contribution is -2.23. The number of anilines is 2. The minimum absolute atomic E-state index is 0.111. The van der Waals surface area contributed by atoms with Crippen LogP contribution in [0.2, 0.25) is 0 Å². The first-order valence-corrected chi connectivity index (χ1v) is 5.92. The van der Waals surface area contributed by atoms with E-state index in [9.17, 15) is 19.5 Å². The van der Waals surface area contributed by atoms with Gasteiger partial charge in [0.1, 0.15) is 0 Å². The smallest absolute Gasteiger partial charge is 0.224 e. The van der Waals surface area contributed by atoms with Crippen molar-refractivity contribution < 1.29 is 19.5 Å². The standard InChI is InChI=1S/C13H16N2O4/c1-3-11(16)14-9-5-8(13(18)19)6-10(7-9)15-12(17)4-2/h5-7H,3-4H2,1-2H3,(H,14,16)(H,15,17)(H,18,19)/p-1. The molecular formula is C13H15N2O4-. The highest BCUT2D eigenvalue weighted by atomic mass is 16.4.